The Morgan fingerprint density at radius 1 is 1.00 bits per heavy atom. The molecule has 1 aliphatic rings. The summed E-state index contributed by atoms with van der Waals surface area (Å²) in [5, 5.41) is 4.31. The maximum Gasteiger partial charge on any atom is 0.262 e. The predicted octanol–water partition coefficient (Wildman–Crippen LogP) is 0.524. The van der Waals surface area contributed by atoms with Crippen LogP contribution < -0.4 is 4.90 Å². The largest absolute Gasteiger partial charge is 0.354 e. The lowest BCUT2D eigenvalue weighted by molar-refractivity contribution is 0.382. The molecular weight excluding hydrogens is 380 g/mol. The zero-order valence-corrected chi connectivity index (χ0v) is 16.8. The first-order valence-corrected chi connectivity index (χ1v) is 10.4. The Morgan fingerprint density at radius 2 is 1.71 bits per heavy atom. The van der Waals surface area contributed by atoms with Crippen LogP contribution in [0.5, 0.6) is 0 Å². The van der Waals surface area contributed by atoms with Crippen LogP contribution in [0.4, 0.5) is 5.82 Å². The Labute approximate surface area is 163 Å². The van der Waals surface area contributed by atoms with Crippen molar-refractivity contribution in [2.24, 2.45) is 7.05 Å². The van der Waals surface area contributed by atoms with Crippen molar-refractivity contribution in [1.29, 1.82) is 0 Å². The molecule has 0 saturated carbocycles. The van der Waals surface area contributed by atoms with Gasteiger partial charge in [-0.2, -0.15) is 9.40 Å². The summed E-state index contributed by atoms with van der Waals surface area (Å²) in [5.74, 6) is 2.76. The molecule has 0 aromatic carbocycles. The van der Waals surface area contributed by atoms with Crippen molar-refractivity contribution < 1.29 is 8.42 Å². The molecule has 3 aromatic heterocycles. The topological polar surface area (TPSA) is 102 Å². The summed E-state index contributed by atoms with van der Waals surface area (Å²) in [6, 6.07) is 3.70. The second-order valence-electron chi connectivity index (χ2n) is 6.71. The zero-order valence-electron chi connectivity index (χ0n) is 16.0. The van der Waals surface area contributed by atoms with E-state index in [2.05, 4.69) is 25.0 Å². The molecule has 3 aromatic rings. The molecule has 28 heavy (non-hydrogen) atoms. The van der Waals surface area contributed by atoms with E-state index in [1.165, 1.54) is 4.31 Å². The van der Waals surface area contributed by atoms with E-state index >= 15 is 0 Å². The Hall–Kier alpha value is -2.79. The molecule has 1 fully saturated rings. The van der Waals surface area contributed by atoms with E-state index in [9.17, 15) is 8.42 Å². The lowest BCUT2D eigenvalue weighted by Gasteiger charge is -2.34. The minimum atomic E-state index is -3.59. The Balaban J connectivity index is 1.51. The van der Waals surface area contributed by atoms with Gasteiger partial charge in [-0.3, -0.25) is 0 Å². The highest BCUT2D eigenvalue weighted by molar-refractivity contribution is 7.89. The van der Waals surface area contributed by atoms with Crippen LogP contribution in [0.2, 0.25) is 0 Å². The SMILES string of the molecule is Cc1nc(N2CCN(S(=O)(=O)c3cn(C)c(C)n3)CC2)cc(-n2cccn2)n1. The van der Waals surface area contributed by atoms with Crippen molar-refractivity contribution in [3.8, 4) is 5.82 Å². The smallest absolute Gasteiger partial charge is 0.262 e. The number of hydrogen-bond donors (Lipinski definition) is 0. The third kappa shape index (κ3) is 3.38. The molecule has 0 bridgehead atoms. The number of anilines is 1. The molecule has 0 radical (unpaired) electrons. The first-order valence-electron chi connectivity index (χ1n) is 8.95. The average molecular weight is 402 g/mol. The van der Waals surface area contributed by atoms with Crippen molar-refractivity contribution in [3.63, 3.8) is 0 Å². The van der Waals surface area contributed by atoms with Gasteiger partial charge in [0.15, 0.2) is 10.8 Å². The molecule has 4 rings (SSSR count). The summed E-state index contributed by atoms with van der Waals surface area (Å²) < 4.78 is 30.6. The minimum Gasteiger partial charge on any atom is -0.354 e. The molecule has 0 spiro atoms. The fourth-order valence-corrected chi connectivity index (χ4v) is 4.61. The Morgan fingerprint density at radius 3 is 2.32 bits per heavy atom. The molecule has 10 nitrogen and oxygen atoms in total. The van der Waals surface area contributed by atoms with E-state index in [4.69, 9.17) is 0 Å². The summed E-state index contributed by atoms with van der Waals surface area (Å²) in [4.78, 5) is 15.2. The second-order valence-corrected chi connectivity index (χ2v) is 8.60. The maximum atomic E-state index is 12.9. The molecule has 1 aliphatic heterocycles. The molecule has 0 atom stereocenters. The Bertz CT molecular complexity index is 1060. The number of sulfonamides is 1. The normalized spacial score (nSPS) is 15.9. The fraction of sp³-hybridized carbons (Fsp3) is 0.412. The van der Waals surface area contributed by atoms with Crippen molar-refractivity contribution in [1.82, 2.24) is 33.6 Å². The van der Waals surface area contributed by atoms with E-state index in [0.717, 1.165) is 5.82 Å². The monoisotopic (exact) mass is 402 g/mol. The second kappa shape index (κ2) is 6.99. The van der Waals surface area contributed by atoms with Crippen LogP contribution in [0.3, 0.4) is 0 Å². The maximum absolute atomic E-state index is 12.9. The number of hydrogen-bond acceptors (Lipinski definition) is 7. The highest BCUT2D eigenvalue weighted by atomic mass is 32.2. The molecule has 11 heteroatoms. The van der Waals surface area contributed by atoms with Gasteiger partial charge < -0.3 is 9.47 Å². The van der Waals surface area contributed by atoms with Gasteiger partial charge in [0.05, 0.1) is 0 Å². The van der Waals surface area contributed by atoms with Gasteiger partial charge >= 0.3 is 0 Å². The number of aromatic nitrogens is 6. The summed E-state index contributed by atoms with van der Waals surface area (Å²) in [7, 11) is -1.81. The third-order valence-corrected chi connectivity index (χ3v) is 6.57. The van der Waals surface area contributed by atoms with Crippen LogP contribution in [0.15, 0.2) is 35.7 Å². The summed E-state index contributed by atoms with van der Waals surface area (Å²) in [6.07, 6.45) is 5.08. The summed E-state index contributed by atoms with van der Waals surface area (Å²) in [6.45, 7) is 5.45. The highest BCUT2D eigenvalue weighted by Gasteiger charge is 2.31. The van der Waals surface area contributed by atoms with Crippen molar-refractivity contribution in [2.75, 3.05) is 31.1 Å². The Kier molecular flexibility index (Phi) is 4.63. The van der Waals surface area contributed by atoms with Gasteiger partial charge in [0.1, 0.15) is 17.5 Å². The van der Waals surface area contributed by atoms with E-state index < -0.39 is 10.0 Å². The summed E-state index contributed by atoms with van der Waals surface area (Å²) in [5.41, 5.74) is 0. The van der Waals surface area contributed by atoms with Crippen LogP contribution in [-0.2, 0) is 17.1 Å². The first-order chi connectivity index (χ1) is 13.3. The van der Waals surface area contributed by atoms with Crippen LogP contribution in [-0.4, -0.2) is 68.2 Å². The third-order valence-electron chi connectivity index (χ3n) is 4.80. The molecule has 0 unspecified atom stereocenters. The fourth-order valence-electron chi connectivity index (χ4n) is 3.16. The van der Waals surface area contributed by atoms with E-state index in [1.807, 2.05) is 25.3 Å². The summed E-state index contributed by atoms with van der Waals surface area (Å²) >= 11 is 0. The lowest BCUT2D eigenvalue weighted by atomic mass is 10.3. The zero-order chi connectivity index (χ0) is 19.9. The quantitative estimate of drug-likeness (QED) is 0.627. The van der Waals surface area contributed by atoms with Gasteiger partial charge in [-0.15, -0.1) is 0 Å². The molecule has 1 saturated heterocycles. The van der Waals surface area contributed by atoms with Crippen LogP contribution in [0, 0.1) is 13.8 Å². The van der Waals surface area contributed by atoms with E-state index in [1.54, 1.807) is 35.6 Å². The molecule has 148 valence electrons. The van der Waals surface area contributed by atoms with Gasteiger partial charge in [0.25, 0.3) is 10.0 Å². The number of rotatable bonds is 4. The van der Waals surface area contributed by atoms with Crippen molar-refractivity contribution in [3.05, 3.63) is 42.4 Å². The highest BCUT2D eigenvalue weighted by Crippen LogP contribution is 2.21. The molecule has 4 heterocycles. The first kappa shape index (κ1) is 18.6. The van der Waals surface area contributed by atoms with Gasteiger partial charge in [0.2, 0.25) is 0 Å². The number of imidazole rings is 1. The molecule has 0 amide bonds. The van der Waals surface area contributed by atoms with Crippen molar-refractivity contribution >= 4 is 15.8 Å². The van der Waals surface area contributed by atoms with Crippen LogP contribution >= 0.6 is 0 Å². The molecular formula is C17H22N8O2S. The standard InChI is InChI=1S/C17H22N8O2S/c1-13-19-15(11-16(20-13)25-6-4-5-18-25)23-7-9-24(10-8-23)28(26,27)17-12-22(3)14(2)21-17/h4-6,11-12H,7-10H2,1-3H3. The number of aryl methyl sites for hydroxylation is 3. The lowest BCUT2D eigenvalue weighted by Crippen LogP contribution is -2.49. The average Bonchev–Trinajstić information content (AvgIpc) is 3.32. The van der Waals surface area contributed by atoms with Gasteiger partial charge in [-0.05, 0) is 19.9 Å². The van der Waals surface area contributed by atoms with Gasteiger partial charge in [-0.25, -0.2) is 28.1 Å². The van der Waals surface area contributed by atoms with Crippen LogP contribution in [0.1, 0.15) is 11.6 Å². The predicted molar refractivity (Wildman–Crippen MR) is 103 cm³/mol. The van der Waals surface area contributed by atoms with Crippen molar-refractivity contribution in [2.45, 2.75) is 18.9 Å². The minimum absolute atomic E-state index is 0.0970. The van der Waals surface area contributed by atoms with E-state index in [-0.39, 0.29) is 5.03 Å². The van der Waals surface area contributed by atoms with Gasteiger partial charge in [0, 0.05) is 57.9 Å². The number of nitrogens with zero attached hydrogens (tertiary/aromatic N) is 8. The molecule has 0 aliphatic carbocycles. The van der Waals surface area contributed by atoms with E-state index in [0.29, 0.717) is 43.6 Å². The number of piperazine rings is 1. The van der Waals surface area contributed by atoms with Gasteiger partial charge in [-0.1, -0.05) is 0 Å². The van der Waals surface area contributed by atoms with Crippen LogP contribution in [0.25, 0.3) is 5.82 Å². The molecule has 0 N–H and O–H groups in total.